The van der Waals surface area contributed by atoms with E-state index < -0.39 is 10.0 Å². The van der Waals surface area contributed by atoms with E-state index in [1.807, 2.05) is 37.3 Å². The highest BCUT2D eigenvalue weighted by atomic mass is 35.5. The van der Waals surface area contributed by atoms with Crippen molar-refractivity contribution in [1.82, 2.24) is 14.8 Å². The minimum absolute atomic E-state index is 0.0355. The van der Waals surface area contributed by atoms with E-state index in [-0.39, 0.29) is 27.0 Å². The lowest BCUT2D eigenvalue weighted by atomic mass is 10.1. The van der Waals surface area contributed by atoms with Crippen LogP contribution in [0.25, 0.3) is 16.7 Å². The number of nitriles is 1. The van der Waals surface area contributed by atoms with E-state index in [4.69, 9.17) is 16.3 Å². The molecule has 0 saturated heterocycles. The van der Waals surface area contributed by atoms with Gasteiger partial charge in [0.2, 0.25) is 0 Å². The molecule has 4 aromatic rings. The fraction of sp³-hybridized carbons (Fsp3) is 0.0952. The smallest absolute Gasteiger partial charge is 0.266 e. The van der Waals surface area contributed by atoms with Crippen molar-refractivity contribution in [3.8, 4) is 17.6 Å². The predicted octanol–water partition coefficient (Wildman–Crippen LogP) is 4.06. The zero-order valence-corrected chi connectivity index (χ0v) is 18.1. The molecular weight excluding hydrogens is 438 g/mol. The third kappa shape index (κ3) is 3.79. The summed E-state index contributed by atoms with van der Waals surface area (Å²) in [5.74, 6) is 0.446. The van der Waals surface area contributed by atoms with Gasteiger partial charge in [-0.05, 0) is 42.8 Å². The molecule has 31 heavy (non-hydrogen) atoms. The van der Waals surface area contributed by atoms with Gasteiger partial charge in [-0.3, -0.25) is 4.72 Å². The molecule has 0 amide bonds. The van der Waals surface area contributed by atoms with Crippen molar-refractivity contribution in [2.24, 2.45) is 0 Å². The second-order valence-electron chi connectivity index (χ2n) is 6.65. The van der Waals surface area contributed by atoms with Gasteiger partial charge in [0.25, 0.3) is 10.0 Å². The van der Waals surface area contributed by atoms with Crippen LogP contribution in [0, 0.1) is 18.3 Å². The van der Waals surface area contributed by atoms with Crippen molar-refractivity contribution < 1.29 is 13.2 Å². The van der Waals surface area contributed by atoms with Gasteiger partial charge in [0.15, 0.2) is 11.6 Å². The van der Waals surface area contributed by atoms with Crippen molar-refractivity contribution in [3.63, 3.8) is 0 Å². The number of pyridine rings is 1. The number of benzene rings is 2. The zero-order valence-electron chi connectivity index (χ0n) is 16.5. The molecule has 4 rings (SSSR count). The predicted molar refractivity (Wildman–Crippen MR) is 117 cm³/mol. The van der Waals surface area contributed by atoms with Crippen LogP contribution in [0.1, 0.15) is 11.1 Å². The van der Waals surface area contributed by atoms with Gasteiger partial charge in [-0.25, -0.2) is 13.4 Å². The Morgan fingerprint density at radius 2 is 1.97 bits per heavy atom. The highest BCUT2D eigenvalue weighted by Gasteiger charge is 2.25. The molecule has 156 valence electrons. The number of halogens is 1. The largest absolute Gasteiger partial charge is 0.495 e. The first kappa shape index (κ1) is 20.7. The molecule has 10 heteroatoms. The molecule has 2 heterocycles. The minimum atomic E-state index is -4.16. The molecule has 8 nitrogen and oxygen atoms in total. The van der Waals surface area contributed by atoms with Gasteiger partial charge < -0.3 is 4.74 Å². The van der Waals surface area contributed by atoms with E-state index in [9.17, 15) is 13.7 Å². The van der Waals surface area contributed by atoms with Crippen LogP contribution >= 0.6 is 11.6 Å². The second kappa shape index (κ2) is 7.91. The maximum Gasteiger partial charge on any atom is 0.266 e. The quantitative estimate of drug-likeness (QED) is 0.487. The van der Waals surface area contributed by atoms with Crippen molar-refractivity contribution >= 4 is 38.3 Å². The molecule has 0 radical (unpaired) electrons. The SMILES string of the molecule is COc1ccc(Cl)cc1S(=O)(=O)Nc1c(C#N)cnn1-c1cc(C)c2ccccc2n1. The van der Waals surface area contributed by atoms with Crippen LogP contribution in [0.4, 0.5) is 5.82 Å². The fourth-order valence-electron chi connectivity index (χ4n) is 3.19. The number of rotatable bonds is 5. The van der Waals surface area contributed by atoms with Crippen molar-refractivity contribution in [1.29, 1.82) is 5.26 Å². The van der Waals surface area contributed by atoms with Gasteiger partial charge >= 0.3 is 0 Å². The summed E-state index contributed by atoms with van der Waals surface area (Å²) in [5.41, 5.74) is 1.69. The number of para-hydroxylation sites is 1. The number of ether oxygens (including phenoxy) is 1. The summed E-state index contributed by atoms with van der Waals surface area (Å²) >= 11 is 5.99. The Morgan fingerprint density at radius 3 is 2.71 bits per heavy atom. The molecular formula is C21H16ClN5O3S. The Morgan fingerprint density at radius 1 is 1.19 bits per heavy atom. The molecule has 0 unspecified atom stereocenters. The molecule has 0 aliphatic carbocycles. The number of aromatic nitrogens is 3. The summed E-state index contributed by atoms with van der Waals surface area (Å²) in [6.45, 7) is 1.92. The van der Waals surface area contributed by atoms with E-state index in [0.29, 0.717) is 5.82 Å². The molecule has 2 aromatic carbocycles. The number of fused-ring (bicyclic) bond motifs is 1. The summed E-state index contributed by atoms with van der Waals surface area (Å²) in [4.78, 5) is 4.41. The molecule has 0 saturated carbocycles. The number of methoxy groups -OCH3 is 1. The van der Waals surface area contributed by atoms with Crippen LogP contribution in [0.15, 0.2) is 59.6 Å². The molecule has 1 N–H and O–H groups in total. The fourth-order valence-corrected chi connectivity index (χ4v) is 4.68. The lowest BCUT2D eigenvalue weighted by molar-refractivity contribution is 0.403. The van der Waals surface area contributed by atoms with Crippen LogP contribution in [0.5, 0.6) is 5.75 Å². The first-order valence-corrected chi connectivity index (χ1v) is 10.9. The number of sulfonamides is 1. The zero-order chi connectivity index (χ0) is 22.2. The average Bonchev–Trinajstić information content (AvgIpc) is 3.15. The Balaban J connectivity index is 1.86. The Labute approximate surface area is 183 Å². The number of nitrogens with one attached hydrogen (secondary N) is 1. The van der Waals surface area contributed by atoms with Crippen molar-refractivity contribution in [2.45, 2.75) is 11.8 Å². The molecule has 0 bridgehead atoms. The van der Waals surface area contributed by atoms with Crippen LogP contribution in [-0.2, 0) is 10.0 Å². The number of nitrogens with zero attached hydrogens (tertiary/aromatic N) is 4. The standard InChI is InChI=1S/C21H16ClN5O3S/c1-13-9-20(25-17-6-4-3-5-16(13)17)27-21(14(11-23)12-24-27)26-31(28,29)19-10-15(22)7-8-18(19)30-2/h3-10,12,26H,1-2H3. The molecule has 0 spiro atoms. The summed E-state index contributed by atoms with van der Waals surface area (Å²) in [7, 11) is -2.81. The van der Waals surface area contributed by atoms with Gasteiger partial charge in [0.05, 0.1) is 18.8 Å². The van der Waals surface area contributed by atoms with Crippen molar-refractivity contribution in [3.05, 3.63) is 70.9 Å². The van der Waals surface area contributed by atoms with E-state index in [1.165, 1.54) is 36.2 Å². The highest BCUT2D eigenvalue weighted by Crippen LogP contribution is 2.30. The summed E-state index contributed by atoms with van der Waals surface area (Å²) < 4.78 is 35.2. The molecule has 0 aliphatic rings. The maximum absolute atomic E-state index is 13.1. The highest BCUT2D eigenvalue weighted by molar-refractivity contribution is 7.92. The summed E-state index contributed by atoms with van der Waals surface area (Å²) in [6.07, 6.45) is 1.28. The minimum Gasteiger partial charge on any atom is -0.495 e. The number of anilines is 1. The summed E-state index contributed by atoms with van der Waals surface area (Å²) in [5, 5.41) is 14.9. The third-order valence-corrected chi connectivity index (χ3v) is 6.26. The Bertz CT molecular complexity index is 1460. The second-order valence-corrected chi connectivity index (χ2v) is 8.73. The van der Waals surface area contributed by atoms with Crippen molar-refractivity contribution in [2.75, 3.05) is 11.8 Å². The average molecular weight is 454 g/mol. The number of aryl methyl sites for hydroxylation is 1. The molecule has 0 atom stereocenters. The molecule has 0 aliphatic heterocycles. The van der Waals surface area contributed by atoms with Crippen LogP contribution in [-0.4, -0.2) is 30.3 Å². The monoisotopic (exact) mass is 453 g/mol. The molecule has 2 aromatic heterocycles. The number of hydrogen-bond acceptors (Lipinski definition) is 6. The van der Waals surface area contributed by atoms with Crippen LogP contribution in [0.2, 0.25) is 5.02 Å². The third-order valence-electron chi connectivity index (χ3n) is 4.66. The van der Waals surface area contributed by atoms with E-state index in [0.717, 1.165) is 16.5 Å². The van der Waals surface area contributed by atoms with Gasteiger partial charge in [-0.2, -0.15) is 15.0 Å². The summed E-state index contributed by atoms with van der Waals surface area (Å²) in [6, 6.07) is 15.5. The van der Waals surface area contributed by atoms with Gasteiger partial charge in [0.1, 0.15) is 22.3 Å². The molecule has 0 fully saturated rings. The van der Waals surface area contributed by atoms with Gasteiger partial charge in [-0.15, -0.1) is 0 Å². The first-order valence-electron chi connectivity index (χ1n) is 9.05. The first-order chi connectivity index (χ1) is 14.8. The van der Waals surface area contributed by atoms with Gasteiger partial charge in [0, 0.05) is 10.4 Å². The maximum atomic E-state index is 13.1. The Hall–Kier alpha value is -3.61. The van der Waals surface area contributed by atoms with E-state index >= 15 is 0 Å². The van der Waals surface area contributed by atoms with Crippen LogP contribution in [0.3, 0.4) is 0 Å². The lowest BCUT2D eigenvalue weighted by Crippen LogP contribution is -2.18. The van der Waals surface area contributed by atoms with Crippen LogP contribution < -0.4 is 9.46 Å². The Kier molecular flexibility index (Phi) is 5.27. The topological polar surface area (TPSA) is 110 Å². The number of hydrogen-bond donors (Lipinski definition) is 1. The van der Waals surface area contributed by atoms with E-state index in [2.05, 4.69) is 14.8 Å². The lowest BCUT2D eigenvalue weighted by Gasteiger charge is -2.14. The normalized spacial score (nSPS) is 11.3. The van der Waals surface area contributed by atoms with Gasteiger partial charge in [-0.1, -0.05) is 29.8 Å². The van der Waals surface area contributed by atoms with E-state index in [1.54, 1.807) is 6.07 Å².